The number of carbonyl (C=O) groups excluding carboxylic acids is 1. The smallest absolute Gasteiger partial charge is 0.211 e. The molecule has 19 heavy (non-hydrogen) atoms. The summed E-state index contributed by atoms with van der Waals surface area (Å²) in [5.74, 6) is 0.514. The molecule has 1 aromatic rings. The van der Waals surface area contributed by atoms with Crippen LogP contribution in [0.2, 0.25) is 0 Å². The normalized spacial score (nSPS) is 11.7. The van der Waals surface area contributed by atoms with Gasteiger partial charge < -0.3 is 14.3 Å². The lowest BCUT2D eigenvalue weighted by molar-refractivity contribution is -0.483. The van der Waals surface area contributed by atoms with Gasteiger partial charge in [-0.05, 0) is 24.6 Å². The van der Waals surface area contributed by atoms with Crippen LogP contribution in [0.4, 0.5) is 0 Å². The Morgan fingerprint density at radius 2 is 1.95 bits per heavy atom. The van der Waals surface area contributed by atoms with Gasteiger partial charge in [-0.2, -0.15) is 0 Å². The number of carbonyl (C=O) groups is 1. The molecule has 6 heteroatoms. The average molecular weight is 267 g/mol. The minimum atomic E-state index is -0.452. The van der Waals surface area contributed by atoms with Gasteiger partial charge >= 0.3 is 0 Å². The molecule has 1 aromatic carbocycles. The van der Waals surface area contributed by atoms with Gasteiger partial charge in [-0.1, -0.05) is 6.07 Å². The van der Waals surface area contributed by atoms with Crippen molar-refractivity contribution >= 4 is 5.78 Å². The summed E-state index contributed by atoms with van der Waals surface area (Å²) in [6.45, 7) is 1.14. The topological polar surface area (TPSA) is 78.7 Å². The molecule has 0 saturated carbocycles. The van der Waals surface area contributed by atoms with Gasteiger partial charge in [-0.3, -0.25) is 10.1 Å². The molecule has 0 spiro atoms. The number of rotatable bonds is 7. The van der Waals surface area contributed by atoms with E-state index in [4.69, 9.17) is 9.47 Å². The summed E-state index contributed by atoms with van der Waals surface area (Å²) in [6.07, 6.45) is 0.135. The van der Waals surface area contributed by atoms with E-state index in [0.29, 0.717) is 17.1 Å². The lowest BCUT2D eigenvalue weighted by atomic mass is 9.94. The molecule has 1 atom stereocenters. The number of methoxy groups -OCH3 is 2. The molecular weight excluding hydrogens is 250 g/mol. The summed E-state index contributed by atoms with van der Waals surface area (Å²) >= 11 is 0. The lowest BCUT2D eigenvalue weighted by Gasteiger charge is -2.14. The molecule has 1 rings (SSSR count). The minimum absolute atomic E-state index is 0.0818. The van der Waals surface area contributed by atoms with Gasteiger partial charge in [0.2, 0.25) is 6.54 Å². The molecule has 0 aliphatic carbocycles. The first-order chi connectivity index (χ1) is 8.97. The van der Waals surface area contributed by atoms with Gasteiger partial charge in [0, 0.05) is 11.3 Å². The van der Waals surface area contributed by atoms with Crippen molar-refractivity contribution in [3.63, 3.8) is 0 Å². The third kappa shape index (κ3) is 4.24. The van der Waals surface area contributed by atoms with E-state index >= 15 is 0 Å². The monoisotopic (exact) mass is 267 g/mol. The molecule has 0 heterocycles. The second kappa shape index (κ2) is 6.72. The van der Waals surface area contributed by atoms with Gasteiger partial charge in [-0.15, -0.1) is 0 Å². The molecule has 0 amide bonds. The molecule has 0 saturated heterocycles. The number of Topliss-reactive ketones (excluding diaryl/α,β-unsaturated/α-hetero) is 1. The zero-order valence-electron chi connectivity index (χ0n) is 11.2. The van der Waals surface area contributed by atoms with Crippen LogP contribution in [0, 0.1) is 10.1 Å². The van der Waals surface area contributed by atoms with E-state index in [1.165, 1.54) is 21.1 Å². The zero-order chi connectivity index (χ0) is 14.4. The summed E-state index contributed by atoms with van der Waals surface area (Å²) < 4.78 is 10.3. The Labute approximate surface area is 111 Å². The predicted octanol–water partition coefficient (Wildman–Crippen LogP) is 2.04. The highest BCUT2D eigenvalue weighted by Gasteiger charge is 2.21. The van der Waals surface area contributed by atoms with Crippen molar-refractivity contribution in [2.75, 3.05) is 20.8 Å². The quantitative estimate of drug-likeness (QED) is 0.558. The van der Waals surface area contributed by atoms with E-state index < -0.39 is 10.8 Å². The maximum Gasteiger partial charge on any atom is 0.211 e. The van der Waals surface area contributed by atoms with Gasteiger partial charge in [0.05, 0.1) is 20.1 Å². The first kappa shape index (κ1) is 14.9. The Kier molecular flexibility index (Phi) is 5.29. The van der Waals surface area contributed by atoms with E-state index in [9.17, 15) is 14.9 Å². The SMILES string of the molecule is COc1ccc([C@H](CC(C)=O)C[N+](=O)[O-])cc1OC. The number of hydrogen-bond acceptors (Lipinski definition) is 5. The highest BCUT2D eigenvalue weighted by Crippen LogP contribution is 2.31. The summed E-state index contributed by atoms with van der Waals surface area (Å²) in [7, 11) is 3.01. The Morgan fingerprint density at radius 3 is 2.42 bits per heavy atom. The van der Waals surface area contributed by atoms with Crippen molar-refractivity contribution in [2.24, 2.45) is 0 Å². The number of hydrogen-bond donors (Lipinski definition) is 0. The molecule has 0 unspecified atom stereocenters. The molecule has 0 aliphatic heterocycles. The van der Waals surface area contributed by atoms with E-state index in [-0.39, 0.29) is 18.7 Å². The van der Waals surface area contributed by atoms with Crippen molar-refractivity contribution in [2.45, 2.75) is 19.3 Å². The van der Waals surface area contributed by atoms with Crippen molar-refractivity contribution in [1.82, 2.24) is 0 Å². The highest BCUT2D eigenvalue weighted by atomic mass is 16.6. The van der Waals surface area contributed by atoms with Crippen molar-refractivity contribution < 1.29 is 19.2 Å². The van der Waals surface area contributed by atoms with Gasteiger partial charge in [0.1, 0.15) is 5.78 Å². The third-order valence-electron chi connectivity index (χ3n) is 2.78. The van der Waals surface area contributed by atoms with Crippen LogP contribution in [0.25, 0.3) is 0 Å². The molecule has 104 valence electrons. The van der Waals surface area contributed by atoms with Crippen LogP contribution < -0.4 is 9.47 Å². The Balaban J connectivity index is 3.07. The molecule has 0 aromatic heterocycles. The largest absolute Gasteiger partial charge is 0.493 e. The van der Waals surface area contributed by atoms with E-state index in [0.717, 1.165) is 0 Å². The minimum Gasteiger partial charge on any atom is -0.493 e. The Hall–Kier alpha value is -2.11. The number of nitro groups is 1. The van der Waals surface area contributed by atoms with E-state index in [1.54, 1.807) is 18.2 Å². The van der Waals surface area contributed by atoms with Crippen LogP contribution in [0.5, 0.6) is 11.5 Å². The predicted molar refractivity (Wildman–Crippen MR) is 69.4 cm³/mol. The zero-order valence-corrected chi connectivity index (χ0v) is 11.2. The fraction of sp³-hybridized carbons (Fsp3) is 0.462. The molecule has 0 bridgehead atoms. The molecular formula is C13H17NO5. The van der Waals surface area contributed by atoms with Gasteiger partial charge in [0.25, 0.3) is 0 Å². The van der Waals surface area contributed by atoms with Crippen LogP contribution >= 0.6 is 0 Å². The summed E-state index contributed by atoms with van der Waals surface area (Å²) in [6, 6.07) is 5.08. The average Bonchev–Trinajstić information content (AvgIpc) is 2.36. The van der Waals surface area contributed by atoms with Crippen LogP contribution in [0.1, 0.15) is 24.8 Å². The van der Waals surface area contributed by atoms with E-state index in [1.807, 2.05) is 0 Å². The number of ketones is 1. The van der Waals surface area contributed by atoms with Crippen molar-refractivity contribution in [3.8, 4) is 11.5 Å². The maximum absolute atomic E-state index is 11.2. The van der Waals surface area contributed by atoms with Crippen LogP contribution in [0.3, 0.4) is 0 Å². The standard InChI is InChI=1S/C13H17NO5/c1-9(15)6-11(8-14(16)17)10-4-5-12(18-2)13(7-10)19-3/h4-5,7,11H,6,8H2,1-3H3/t11-/m1/s1. The van der Waals surface area contributed by atoms with E-state index in [2.05, 4.69) is 0 Å². The molecule has 6 nitrogen and oxygen atoms in total. The lowest BCUT2D eigenvalue weighted by Crippen LogP contribution is -2.15. The Bertz CT molecular complexity index is 456. The number of nitrogens with zero attached hydrogens (tertiary/aromatic N) is 1. The highest BCUT2D eigenvalue weighted by molar-refractivity contribution is 5.76. The summed E-state index contributed by atoms with van der Waals surface area (Å²) in [5.41, 5.74) is 0.699. The van der Waals surface area contributed by atoms with Crippen LogP contribution in [-0.4, -0.2) is 31.5 Å². The summed E-state index contributed by atoms with van der Waals surface area (Å²) in [4.78, 5) is 21.5. The first-order valence-electron chi connectivity index (χ1n) is 5.81. The second-order valence-corrected chi connectivity index (χ2v) is 4.23. The molecule has 0 fully saturated rings. The van der Waals surface area contributed by atoms with Gasteiger partial charge in [-0.25, -0.2) is 0 Å². The fourth-order valence-corrected chi connectivity index (χ4v) is 1.92. The number of benzene rings is 1. The second-order valence-electron chi connectivity index (χ2n) is 4.23. The molecule has 0 aliphatic rings. The third-order valence-corrected chi connectivity index (χ3v) is 2.78. The van der Waals surface area contributed by atoms with Crippen LogP contribution in [-0.2, 0) is 4.79 Å². The first-order valence-corrected chi connectivity index (χ1v) is 5.81. The Morgan fingerprint density at radius 1 is 1.32 bits per heavy atom. The molecule has 0 radical (unpaired) electrons. The van der Waals surface area contributed by atoms with Gasteiger partial charge in [0.15, 0.2) is 11.5 Å². The molecule has 0 N–H and O–H groups in total. The number of ether oxygens (including phenoxy) is 2. The van der Waals surface area contributed by atoms with Crippen LogP contribution in [0.15, 0.2) is 18.2 Å². The van der Waals surface area contributed by atoms with Crippen molar-refractivity contribution in [3.05, 3.63) is 33.9 Å². The maximum atomic E-state index is 11.2. The fourth-order valence-electron chi connectivity index (χ4n) is 1.92. The summed E-state index contributed by atoms with van der Waals surface area (Å²) in [5, 5.41) is 10.7. The van der Waals surface area contributed by atoms with Crippen molar-refractivity contribution in [1.29, 1.82) is 0 Å².